The number of carbonyl (C=O) groups is 1. The Morgan fingerprint density at radius 3 is 2.32 bits per heavy atom. The lowest BCUT2D eigenvalue weighted by Gasteiger charge is -2.32. The first kappa shape index (κ1) is 24.0. The van der Waals surface area contributed by atoms with E-state index < -0.39 is 29.3 Å². The molecule has 0 radical (unpaired) electrons. The van der Waals surface area contributed by atoms with Gasteiger partial charge in [0, 0.05) is 19.5 Å². The molecule has 34 heavy (non-hydrogen) atoms. The van der Waals surface area contributed by atoms with Gasteiger partial charge in [0.25, 0.3) is 0 Å². The first-order valence-electron chi connectivity index (χ1n) is 11.6. The van der Waals surface area contributed by atoms with E-state index in [2.05, 4.69) is 54.8 Å². The number of halogens is 2. The normalized spacial score (nSPS) is 18.2. The predicted molar refractivity (Wildman–Crippen MR) is 129 cm³/mol. The molecule has 1 aliphatic carbocycles. The van der Waals surface area contributed by atoms with E-state index in [1.807, 2.05) is 12.1 Å². The third-order valence-electron chi connectivity index (χ3n) is 6.68. The maximum absolute atomic E-state index is 13.7. The van der Waals surface area contributed by atoms with Crippen LogP contribution in [0.3, 0.4) is 0 Å². The summed E-state index contributed by atoms with van der Waals surface area (Å²) in [4.78, 5) is 11.8. The monoisotopic (exact) mass is 464 g/mol. The fraction of sp³-hybridized carbons (Fsp3) is 0.321. The summed E-state index contributed by atoms with van der Waals surface area (Å²) >= 11 is 0. The first-order chi connectivity index (χ1) is 16.2. The van der Waals surface area contributed by atoms with Gasteiger partial charge in [0.05, 0.1) is 17.7 Å². The summed E-state index contributed by atoms with van der Waals surface area (Å²) in [6.45, 7) is 5.74. The van der Waals surface area contributed by atoms with Crippen LogP contribution in [-0.4, -0.2) is 29.7 Å². The van der Waals surface area contributed by atoms with E-state index in [9.17, 15) is 18.7 Å². The lowest BCUT2D eigenvalue weighted by atomic mass is 9.88. The van der Waals surface area contributed by atoms with Crippen LogP contribution in [0, 0.1) is 11.6 Å². The minimum Gasteiger partial charge on any atom is -0.390 e. The zero-order valence-corrected chi connectivity index (χ0v) is 19.7. The van der Waals surface area contributed by atoms with Gasteiger partial charge in [-0.1, -0.05) is 49.4 Å². The van der Waals surface area contributed by atoms with Gasteiger partial charge in [0.15, 0.2) is 0 Å². The van der Waals surface area contributed by atoms with Crippen molar-refractivity contribution in [3.05, 3.63) is 94.6 Å². The lowest BCUT2D eigenvalue weighted by Crippen LogP contribution is -2.51. The molecule has 0 spiro atoms. The van der Waals surface area contributed by atoms with Gasteiger partial charge in [-0.3, -0.25) is 4.79 Å². The number of nitrogens with one attached hydrogen (secondary N) is 2. The van der Waals surface area contributed by atoms with Crippen molar-refractivity contribution in [2.45, 2.75) is 51.3 Å². The molecule has 178 valence electrons. The molecular weight excluding hydrogens is 434 g/mol. The molecule has 0 bridgehead atoms. The molecule has 0 saturated carbocycles. The highest BCUT2D eigenvalue weighted by molar-refractivity contribution is 5.81. The van der Waals surface area contributed by atoms with Gasteiger partial charge < -0.3 is 15.7 Å². The number of hydrogen-bond donors (Lipinski definition) is 3. The SMILES string of the molecule is CCc1ccc2c(c1)C(C)(NC[C@@H](O)[C@H](Cc1cc(F)cc(F)c1)NC(C)=O)c1ccccc1-2. The lowest BCUT2D eigenvalue weighted by molar-refractivity contribution is -0.120. The maximum Gasteiger partial charge on any atom is 0.217 e. The van der Waals surface area contributed by atoms with Crippen molar-refractivity contribution in [2.24, 2.45) is 0 Å². The van der Waals surface area contributed by atoms with E-state index in [0.29, 0.717) is 5.56 Å². The van der Waals surface area contributed by atoms with Crippen molar-refractivity contribution < 1.29 is 18.7 Å². The Morgan fingerprint density at radius 1 is 0.971 bits per heavy atom. The van der Waals surface area contributed by atoms with E-state index in [1.54, 1.807) is 0 Å². The second-order valence-corrected chi connectivity index (χ2v) is 9.14. The predicted octanol–water partition coefficient (Wildman–Crippen LogP) is 4.47. The van der Waals surface area contributed by atoms with Gasteiger partial charge in [-0.25, -0.2) is 8.78 Å². The van der Waals surface area contributed by atoms with Crippen molar-refractivity contribution >= 4 is 5.91 Å². The number of aryl methyl sites for hydroxylation is 1. The first-order valence-corrected chi connectivity index (χ1v) is 11.6. The van der Waals surface area contributed by atoms with Crippen LogP contribution in [0.15, 0.2) is 60.7 Å². The van der Waals surface area contributed by atoms with Crippen molar-refractivity contribution in [3.8, 4) is 11.1 Å². The quantitative estimate of drug-likeness (QED) is 0.461. The van der Waals surface area contributed by atoms with Crippen LogP contribution in [0.25, 0.3) is 11.1 Å². The average Bonchev–Trinajstić information content (AvgIpc) is 3.04. The Labute approximate surface area is 199 Å². The molecule has 0 fully saturated rings. The topological polar surface area (TPSA) is 61.4 Å². The molecule has 1 amide bonds. The third kappa shape index (κ3) is 4.74. The van der Waals surface area contributed by atoms with Gasteiger partial charge in [-0.15, -0.1) is 0 Å². The van der Waals surface area contributed by atoms with Gasteiger partial charge in [-0.05, 0) is 65.3 Å². The zero-order valence-electron chi connectivity index (χ0n) is 19.7. The molecule has 0 heterocycles. The highest BCUT2D eigenvalue weighted by Crippen LogP contribution is 2.47. The summed E-state index contributed by atoms with van der Waals surface area (Å²) in [7, 11) is 0. The zero-order chi connectivity index (χ0) is 24.5. The second-order valence-electron chi connectivity index (χ2n) is 9.14. The fourth-order valence-corrected chi connectivity index (χ4v) is 4.93. The van der Waals surface area contributed by atoms with Gasteiger partial charge in [0.2, 0.25) is 5.91 Å². The van der Waals surface area contributed by atoms with E-state index >= 15 is 0 Å². The molecule has 4 nitrogen and oxygen atoms in total. The largest absolute Gasteiger partial charge is 0.390 e. The number of hydrogen-bond acceptors (Lipinski definition) is 3. The molecule has 4 rings (SSSR count). The number of rotatable bonds is 8. The van der Waals surface area contributed by atoms with Crippen LogP contribution in [-0.2, 0) is 23.2 Å². The van der Waals surface area contributed by atoms with E-state index in [4.69, 9.17) is 0 Å². The van der Waals surface area contributed by atoms with Crippen molar-refractivity contribution in [1.82, 2.24) is 10.6 Å². The molecule has 0 aromatic heterocycles. The smallest absolute Gasteiger partial charge is 0.217 e. The second kappa shape index (κ2) is 9.65. The molecule has 3 aromatic carbocycles. The van der Waals surface area contributed by atoms with Crippen molar-refractivity contribution in [2.75, 3.05) is 6.54 Å². The van der Waals surface area contributed by atoms with E-state index in [-0.39, 0.29) is 18.9 Å². The minimum absolute atomic E-state index is 0.0982. The van der Waals surface area contributed by atoms with Crippen LogP contribution in [0.1, 0.15) is 43.0 Å². The Hall–Kier alpha value is -3.09. The van der Waals surface area contributed by atoms with E-state index in [1.165, 1.54) is 24.6 Å². The number of benzene rings is 3. The Kier molecular flexibility index (Phi) is 6.82. The number of aliphatic hydroxyl groups excluding tert-OH is 1. The number of fused-ring (bicyclic) bond motifs is 3. The summed E-state index contributed by atoms with van der Waals surface area (Å²) in [5, 5.41) is 17.3. The number of carbonyl (C=O) groups excluding carboxylic acids is 1. The highest BCUT2D eigenvalue weighted by atomic mass is 19.1. The molecule has 1 aliphatic rings. The van der Waals surface area contributed by atoms with E-state index in [0.717, 1.165) is 34.7 Å². The van der Waals surface area contributed by atoms with Crippen LogP contribution in [0.2, 0.25) is 0 Å². The summed E-state index contributed by atoms with van der Waals surface area (Å²) in [6.07, 6.45) is 0.0237. The summed E-state index contributed by atoms with van der Waals surface area (Å²) < 4.78 is 27.4. The molecule has 0 saturated heterocycles. The fourth-order valence-electron chi connectivity index (χ4n) is 4.93. The molecule has 3 N–H and O–H groups in total. The number of amides is 1. The third-order valence-corrected chi connectivity index (χ3v) is 6.68. The van der Waals surface area contributed by atoms with Gasteiger partial charge >= 0.3 is 0 Å². The Morgan fingerprint density at radius 2 is 1.65 bits per heavy atom. The Bertz CT molecular complexity index is 1190. The average molecular weight is 465 g/mol. The molecule has 1 unspecified atom stereocenters. The molecular formula is C28H30F2N2O2. The van der Waals surface area contributed by atoms with Crippen LogP contribution < -0.4 is 10.6 Å². The van der Waals surface area contributed by atoms with Crippen molar-refractivity contribution in [3.63, 3.8) is 0 Å². The summed E-state index contributed by atoms with van der Waals surface area (Å²) in [5.74, 6) is -1.71. The van der Waals surface area contributed by atoms with Crippen molar-refractivity contribution in [1.29, 1.82) is 0 Å². The molecule has 0 aliphatic heterocycles. The van der Waals surface area contributed by atoms with Crippen LogP contribution >= 0.6 is 0 Å². The summed E-state index contributed by atoms with van der Waals surface area (Å²) in [5.41, 5.74) is 5.63. The molecule has 3 aromatic rings. The van der Waals surface area contributed by atoms with Gasteiger partial charge in [-0.2, -0.15) is 0 Å². The molecule has 6 heteroatoms. The Balaban J connectivity index is 1.60. The minimum atomic E-state index is -0.988. The standard InChI is InChI=1S/C28H30F2N2O2/c1-4-18-9-10-23-22-7-5-6-8-24(22)28(3,25(23)13-18)31-16-27(34)26(32-17(2)33)14-19-11-20(29)15-21(30)12-19/h5-13,15,26-27,31,34H,4,14,16H2,1-3H3,(H,32,33)/t26-,27+,28?/m0/s1. The summed E-state index contributed by atoms with van der Waals surface area (Å²) in [6, 6.07) is 17.2. The highest BCUT2D eigenvalue weighted by Gasteiger charge is 2.39. The van der Waals surface area contributed by atoms with Gasteiger partial charge in [0.1, 0.15) is 11.6 Å². The number of aliphatic hydroxyl groups is 1. The van der Waals surface area contributed by atoms with Crippen LogP contribution in [0.4, 0.5) is 8.78 Å². The maximum atomic E-state index is 13.7. The molecule has 3 atom stereocenters. The van der Waals surface area contributed by atoms with Crippen LogP contribution in [0.5, 0.6) is 0 Å².